The molecule has 2 N–H and O–H groups in total. The van der Waals surface area contributed by atoms with E-state index in [1.807, 2.05) is 4.90 Å². The Kier molecular flexibility index (Phi) is 27.7. The lowest BCUT2D eigenvalue weighted by molar-refractivity contribution is 0.0939. The van der Waals surface area contributed by atoms with Gasteiger partial charge < -0.3 is 24.8 Å². The molecule has 0 unspecified atom stereocenters. The van der Waals surface area contributed by atoms with Gasteiger partial charge in [-0.3, -0.25) is 0 Å². The molecule has 0 aliphatic carbocycles. The van der Waals surface area contributed by atoms with Crippen molar-refractivity contribution in [3.8, 4) is 0 Å². The monoisotopic (exact) mass is 486 g/mol. The van der Waals surface area contributed by atoms with Crippen LogP contribution in [0.3, 0.4) is 0 Å². The number of nitrogens with one attached hydrogen (secondary N) is 1. The van der Waals surface area contributed by atoms with Crippen LogP contribution >= 0.6 is 0 Å². The highest BCUT2D eigenvalue weighted by atomic mass is 16.6. The molecule has 1 amide bonds. The van der Waals surface area contributed by atoms with Crippen LogP contribution < -0.4 is 5.32 Å². The minimum absolute atomic E-state index is 0.0889. The SMILES string of the molecule is CCCCCCCCN(CCCCCCCC)C(=O)OCCCCCCCNCCOCCO. The molecule has 0 radical (unpaired) electrons. The van der Waals surface area contributed by atoms with E-state index in [1.165, 1.54) is 77.0 Å². The van der Waals surface area contributed by atoms with Gasteiger partial charge in [0.2, 0.25) is 0 Å². The predicted octanol–water partition coefficient (Wildman–Crippen LogP) is 6.70. The maximum Gasteiger partial charge on any atom is 0.409 e. The van der Waals surface area contributed by atoms with Crippen molar-refractivity contribution >= 4 is 6.09 Å². The van der Waals surface area contributed by atoms with E-state index in [2.05, 4.69) is 19.2 Å². The van der Waals surface area contributed by atoms with Crippen molar-refractivity contribution in [2.75, 3.05) is 52.6 Å². The number of unbranched alkanes of at least 4 members (excludes halogenated alkanes) is 14. The Labute approximate surface area is 211 Å². The van der Waals surface area contributed by atoms with E-state index in [1.54, 1.807) is 0 Å². The maximum atomic E-state index is 12.6. The van der Waals surface area contributed by atoms with Crippen molar-refractivity contribution in [3.63, 3.8) is 0 Å². The molecule has 0 saturated carbocycles. The third-order valence-electron chi connectivity index (χ3n) is 6.20. The van der Waals surface area contributed by atoms with E-state index in [0.717, 1.165) is 58.3 Å². The highest BCUT2D eigenvalue weighted by molar-refractivity contribution is 5.67. The average molecular weight is 487 g/mol. The predicted molar refractivity (Wildman–Crippen MR) is 144 cm³/mol. The van der Waals surface area contributed by atoms with Crippen LogP contribution in [0, 0.1) is 0 Å². The Hall–Kier alpha value is -0.850. The summed E-state index contributed by atoms with van der Waals surface area (Å²) in [6.45, 7) is 9.73. The molecule has 6 nitrogen and oxygen atoms in total. The van der Waals surface area contributed by atoms with Crippen molar-refractivity contribution in [1.82, 2.24) is 10.2 Å². The highest BCUT2D eigenvalue weighted by Gasteiger charge is 2.14. The fraction of sp³-hybridized carbons (Fsp3) is 0.964. The average Bonchev–Trinajstić information content (AvgIpc) is 2.84. The molecule has 0 saturated heterocycles. The number of rotatable bonds is 27. The van der Waals surface area contributed by atoms with E-state index in [-0.39, 0.29) is 12.7 Å². The van der Waals surface area contributed by atoms with E-state index >= 15 is 0 Å². The molecular formula is C28H58N2O4. The fourth-order valence-corrected chi connectivity index (χ4v) is 4.03. The molecule has 0 spiro atoms. The molecule has 0 bridgehead atoms. The number of aliphatic hydroxyl groups is 1. The molecule has 0 atom stereocenters. The summed E-state index contributed by atoms with van der Waals surface area (Å²) in [4.78, 5) is 14.6. The van der Waals surface area contributed by atoms with E-state index < -0.39 is 0 Å². The Morgan fingerprint density at radius 3 is 1.76 bits per heavy atom. The van der Waals surface area contributed by atoms with Gasteiger partial charge in [0.1, 0.15) is 0 Å². The summed E-state index contributed by atoms with van der Waals surface area (Å²) in [5, 5.41) is 12.0. The Morgan fingerprint density at radius 1 is 0.647 bits per heavy atom. The first kappa shape index (κ1) is 33.1. The molecule has 0 aromatic heterocycles. The molecular weight excluding hydrogens is 428 g/mol. The summed E-state index contributed by atoms with van der Waals surface area (Å²) in [7, 11) is 0. The van der Waals surface area contributed by atoms with Crippen molar-refractivity contribution in [3.05, 3.63) is 0 Å². The van der Waals surface area contributed by atoms with Crippen LogP contribution in [0.25, 0.3) is 0 Å². The third kappa shape index (κ3) is 24.3. The van der Waals surface area contributed by atoms with E-state index in [9.17, 15) is 4.79 Å². The second-order valence-electron chi connectivity index (χ2n) is 9.49. The zero-order chi connectivity index (χ0) is 25.0. The minimum Gasteiger partial charge on any atom is -0.449 e. The van der Waals surface area contributed by atoms with Gasteiger partial charge in [0.25, 0.3) is 0 Å². The molecule has 204 valence electrons. The van der Waals surface area contributed by atoms with Crippen molar-refractivity contribution in [2.45, 2.75) is 123 Å². The zero-order valence-corrected chi connectivity index (χ0v) is 22.8. The van der Waals surface area contributed by atoms with Gasteiger partial charge in [-0.15, -0.1) is 0 Å². The third-order valence-corrected chi connectivity index (χ3v) is 6.20. The van der Waals surface area contributed by atoms with Crippen LogP contribution in [-0.4, -0.2) is 68.7 Å². The van der Waals surface area contributed by atoms with E-state index in [4.69, 9.17) is 14.6 Å². The van der Waals surface area contributed by atoms with Crippen LogP contribution in [0.5, 0.6) is 0 Å². The Balaban J connectivity index is 3.86. The van der Waals surface area contributed by atoms with E-state index in [0.29, 0.717) is 19.8 Å². The fourth-order valence-electron chi connectivity index (χ4n) is 4.03. The van der Waals surface area contributed by atoms with Gasteiger partial charge >= 0.3 is 6.09 Å². The van der Waals surface area contributed by atoms with Gasteiger partial charge in [0.05, 0.1) is 26.4 Å². The first-order chi connectivity index (χ1) is 16.8. The Morgan fingerprint density at radius 2 is 1.18 bits per heavy atom. The standard InChI is InChI=1S/C28H58N2O4/c1-3-5-7-9-13-17-22-30(23-18-14-10-8-6-4-2)28(32)34-25-19-15-11-12-16-20-29-21-26-33-27-24-31/h29,31H,3-27H2,1-2H3. The highest BCUT2D eigenvalue weighted by Crippen LogP contribution is 2.10. The topological polar surface area (TPSA) is 71.0 Å². The summed E-state index contributed by atoms with van der Waals surface area (Å²) >= 11 is 0. The van der Waals surface area contributed by atoms with Crippen LogP contribution in [0.4, 0.5) is 4.79 Å². The molecule has 0 rings (SSSR count). The first-order valence-corrected chi connectivity index (χ1v) is 14.6. The van der Waals surface area contributed by atoms with Gasteiger partial charge in [-0.1, -0.05) is 97.3 Å². The molecule has 6 heteroatoms. The number of amides is 1. The van der Waals surface area contributed by atoms with Crippen LogP contribution in [-0.2, 0) is 9.47 Å². The molecule has 0 fully saturated rings. The molecule has 34 heavy (non-hydrogen) atoms. The first-order valence-electron chi connectivity index (χ1n) is 14.6. The molecule has 0 aromatic carbocycles. The summed E-state index contributed by atoms with van der Waals surface area (Å²) in [6, 6.07) is 0. The summed E-state index contributed by atoms with van der Waals surface area (Å²) < 4.78 is 10.8. The maximum absolute atomic E-state index is 12.6. The van der Waals surface area contributed by atoms with Crippen LogP contribution in [0.15, 0.2) is 0 Å². The summed E-state index contributed by atoms with van der Waals surface area (Å²) in [5.74, 6) is 0. The number of ether oxygens (including phenoxy) is 2. The van der Waals surface area contributed by atoms with Crippen LogP contribution in [0.2, 0.25) is 0 Å². The van der Waals surface area contributed by atoms with Gasteiger partial charge in [0.15, 0.2) is 0 Å². The molecule has 0 aliphatic heterocycles. The molecule has 0 heterocycles. The van der Waals surface area contributed by atoms with Gasteiger partial charge in [0, 0.05) is 19.6 Å². The van der Waals surface area contributed by atoms with Gasteiger partial charge in [-0.25, -0.2) is 4.79 Å². The lowest BCUT2D eigenvalue weighted by atomic mass is 10.1. The van der Waals surface area contributed by atoms with Gasteiger partial charge in [-0.05, 0) is 32.2 Å². The lowest BCUT2D eigenvalue weighted by Crippen LogP contribution is -2.33. The largest absolute Gasteiger partial charge is 0.449 e. The number of hydrogen-bond donors (Lipinski definition) is 2. The molecule has 0 aliphatic rings. The number of carbonyl (C=O) groups excluding carboxylic acids is 1. The second-order valence-corrected chi connectivity index (χ2v) is 9.49. The number of hydrogen-bond acceptors (Lipinski definition) is 5. The lowest BCUT2D eigenvalue weighted by Gasteiger charge is -2.22. The number of carbonyl (C=O) groups is 1. The van der Waals surface area contributed by atoms with Crippen LogP contribution in [0.1, 0.15) is 123 Å². The molecule has 0 aromatic rings. The normalized spacial score (nSPS) is 11.1. The smallest absolute Gasteiger partial charge is 0.409 e. The quantitative estimate of drug-likeness (QED) is 0.126. The Bertz CT molecular complexity index is 394. The van der Waals surface area contributed by atoms with Crippen molar-refractivity contribution < 1.29 is 19.4 Å². The summed E-state index contributed by atoms with van der Waals surface area (Å²) in [6.07, 6.45) is 20.5. The second kappa shape index (κ2) is 28.4. The minimum atomic E-state index is -0.102. The zero-order valence-electron chi connectivity index (χ0n) is 22.8. The van der Waals surface area contributed by atoms with Crippen molar-refractivity contribution in [2.24, 2.45) is 0 Å². The number of aliphatic hydroxyl groups excluding tert-OH is 1. The van der Waals surface area contributed by atoms with Crippen molar-refractivity contribution in [1.29, 1.82) is 0 Å². The number of nitrogens with zero attached hydrogens (tertiary/aromatic N) is 1. The summed E-state index contributed by atoms with van der Waals surface area (Å²) in [5.41, 5.74) is 0. The van der Waals surface area contributed by atoms with Gasteiger partial charge in [-0.2, -0.15) is 0 Å².